The molecule has 0 atom stereocenters. The second kappa shape index (κ2) is 20.0. The first-order valence-corrected chi connectivity index (χ1v) is 9.05. The van der Waals surface area contributed by atoms with Gasteiger partial charge in [-0.15, -0.1) is 0 Å². The number of nitrogens with zero attached hydrogens (tertiary/aromatic N) is 1. The van der Waals surface area contributed by atoms with Crippen LogP contribution in [0.25, 0.3) is 0 Å². The molecule has 0 aliphatic carbocycles. The summed E-state index contributed by atoms with van der Waals surface area (Å²) in [4.78, 5) is 19.6. The number of hydrazine groups is 2. The van der Waals surface area contributed by atoms with Gasteiger partial charge in [0.15, 0.2) is 3.95 Å². The fraction of sp³-hybridized carbons (Fsp3) is 0.375. The summed E-state index contributed by atoms with van der Waals surface area (Å²) in [7, 11) is -4.67. The number of nitrogens with two attached hydrogens (primary N) is 1. The molecule has 0 radical (unpaired) electrons. The fourth-order valence-corrected chi connectivity index (χ4v) is 1.40. The predicted molar refractivity (Wildman–Crippen MR) is 101 cm³/mol. The summed E-state index contributed by atoms with van der Waals surface area (Å²) in [6, 6.07) is 0. The van der Waals surface area contributed by atoms with Gasteiger partial charge in [0.2, 0.25) is 11.8 Å². The van der Waals surface area contributed by atoms with E-state index in [4.69, 9.17) is 29.7 Å². The van der Waals surface area contributed by atoms with E-state index in [-0.39, 0.29) is 67.5 Å². The van der Waals surface area contributed by atoms with Crippen molar-refractivity contribution in [1.29, 1.82) is 0 Å². The molecule has 0 aliphatic rings. The van der Waals surface area contributed by atoms with Crippen molar-refractivity contribution in [3.63, 3.8) is 0 Å². The molecule has 1 heterocycles. The van der Waals surface area contributed by atoms with E-state index in [1.165, 1.54) is 25.2 Å². The van der Waals surface area contributed by atoms with Gasteiger partial charge in [-0.05, 0) is 23.5 Å². The molecule has 146 valence electrons. The summed E-state index contributed by atoms with van der Waals surface area (Å²) in [5.41, 5.74) is 6.39. The first kappa shape index (κ1) is 33.8. The number of aromatic nitrogens is 2. The van der Waals surface area contributed by atoms with Crippen LogP contribution in [-0.4, -0.2) is 43.9 Å². The van der Waals surface area contributed by atoms with Gasteiger partial charge in [-0.3, -0.25) is 34.6 Å². The van der Waals surface area contributed by atoms with Crippen LogP contribution in [0.3, 0.4) is 0 Å². The Labute approximate surface area is 212 Å². The molecular weight excluding hydrogens is 476 g/mol. The third-order valence-corrected chi connectivity index (χ3v) is 2.30. The van der Waals surface area contributed by atoms with E-state index in [9.17, 15) is 9.59 Å². The van der Waals surface area contributed by atoms with Gasteiger partial charge in [0.05, 0.1) is 0 Å². The molecule has 8 N–H and O–H groups in total. The number of thiocarbonyl (C=S) groups is 1. The van der Waals surface area contributed by atoms with Crippen molar-refractivity contribution >= 4 is 74.9 Å². The van der Waals surface area contributed by atoms with E-state index in [1.807, 2.05) is 12.3 Å². The number of H-pyrrole nitrogens is 1. The Hall–Kier alpha value is 0.296. The Morgan fingerprint density at radius 2 is 1.65 bits per heavy atom. The van der Waals surface area contributed by atoms with Crippen LogP contribution in [-0.2, 0) is 32.6 Å². The Balaban J connectivity index is -0.000000125. The SMILES string of the molecule is CC(=O)NN.CC(=O)NNC(=S)[S-].Cc1n[nH]c(=S)s1.O=S(=O)(O)O.[K+]. The molecule has 0 aliphatic heterocycles. The maximum absolute atomic E-state index is 10.1. The number of hydrogen-bond acceptors (Lipinski definition) is 10. The third-order valence-electron chi connectivity index (χ3n) is 1.09. The molecule has 1 aromatic heterocycles. The molecule has 0 aromatic carbocycles. The first-order valence-electron chi connectivity index (χ1n) is 5.61. The van der Waals surface area contributed by atoms with E-state index < -0.39 is 10.4 Å². The number of hydrogen-bond donors (Lipinski definition) is 7. The van der Waals surface area contributed by atoms with E-state index in [0.29, 0.717) is 0 Å². The second-order valence-electron chi connectivity index (χ2n) is 3.37. The van der Waals surface area contributed by atoms with Crippen LogP contribution in [0.15, 0.2) is 0 Å². The van der Waals surface area contributed by atoms with E-state index >= 15 is 0 Å². The molecule has 12 nitrogen and oxygen atoms in total. The summed E-state index contributed by atoms with van der Waals surface area (Å²) < 4.78 is 32.5. The molecular formula is C8H17KN6O6S5. The van der Waals surface area contributed by atoms with Crippen molar-refractivity contribution < 1.29 is 78.5 Å². The Bertz CT molecular complexity index is 670. The summed E-state index contributed by atoms with van der Waals surface area (Å²) in [6.45, 7) is 4.62. The van der Waals surface area contributed by atoms with Crippen molar-refractivity contribution in [3.8, 4) is 0 Å². The van der Waals surface area contributed by atoms with E-state index in [1.54, 1.807) is 0 Å². The largest absolute Gasteiger partial charge is 1.00 e. The summed E-state index contributed by atoms with van der Waals surface area (Å²) in [5, 5.41) is 7.45. The van der Waals surface area contributed by atoms with Crippen LogP contribution in [0.5, 0.6) is 0 Å². The van der Waals surface area contributed by atoms with Gasteiger partial charge in [-0.1, -0.05) is 11.3 Å². The first-order chi connectivity index (χ1) is 11.2. The zero-order valence-electron chi connectivity index (χ0n) is 14.1. The van der Waals surface area contributed by atoms with Crippen molar-refractivity contribution in [3.05, 3.63) is 8.96 Å². The van der Waals surface area contributed by atoms with Gasteiger partial charge < -0.3 is 30.3 Å². The Morgan fingerprint density at radius 3 is 1.73 bits per heavy atom. The smallest absolute Gasteiger partial charge is 0.410 e. The minimum Gasteiger partial charge on any atom is -0.410 e. The normalized spacial score (nSPS) is 8.38. The number of aromatic amines is 1. The molecule has 1 aromatic rings. The van der Waals surface area contributed by atoms with Gasteiger partial charge in [0.25, 0.3) is 0 Å². The summed E-state index contributed by atoms with van der Waals surface area (Å²) in [5.74, 6) is 4.14. The molecule has 1 rings (SSSR count). The standard InChI is InChI=1S/C3H6N2OS2.C3H4N2S2.C2H6N2O.K.H2O4S/c1-2(6)4-5-3(7)8;1-2-4-5-3(6)7-2;1-2(5)4-3;;1-5(2,3)4/h1H3,(H,4,6)(H2,5,7,8);1H3,(H,5,6);3H2,1H3,(H,4,5);;(H2,1,2,3,4)/q;;;+1;/p-1. The second-order valence-corrected chi connectivity index (χ2v) is 7.21. The minimum absolute atomic E-state index is 0. The number of nitrogens with one attached hydrogen (secondary N) is 4. The molecule has 0 saturated carbocycles. The van der Waals surface area contributed by atoms with Gasteiger partial charge in [-0.25, -0.2) is 5.84 Å². The van der Waals surface area contributed by atoms with Crippen molar-refractivity contribution in [1.82, 2.24) is 26.5 Å². The van der Waals surface area contributed by atoms with Crippen molar-refractivity contribution in [2.45, 2.75) is 20.8 Å². The molecule has 0 bridgehead atoms. The Morgan fingerprint density at radius 1 is 1.27 bits per heavy atom. The molecule has 2 amide bonds. The monoisotopic (exact) mass is 492 g/mol. The maximum atomic E-state index is 10.1. The number of amides is 2. The van der Waals surface area contributed by atoms with Crippen LogP contribution in [0.2, 0.25) is 0 Å². The molecule has 0 unspecified atom stereocenters. The van der Waals surface area contributed by atoms with Crippen molar-refractivity contribution in [2.24, 2.45) is 5.84 Å². The summed E-state index contributed by atoms with van der Waals surface area (Å²) >= 11 is 15.0. The Kier molecular flexibility index (Phi) is 26.1. The quantitative estimate of drug-likeness (QED) is 0.0356. The zero-order chi connectivity index (χ0) is 20.6. The molecule has 26 heavy (non-hydrogen) atoms. The van der Waals surface area contributed by atoms with Crippen LogP contribution < -0.4 is 73.5 Å². The van der Waals surface area contributed by atoms with Gasteiger partial charge in [0.1, 0.15) is 5.01 Å². The third kappa shape index (κ3) is 49.7. The summed E-state index contributed by atoms with van der Waals surface area (Å²) in [6.07, 6.45) is 0. The van der Waals surface area contributed by atoms with Crippen LogP contribution in [0, 0.1) is 10.9 Å². The van der Waals surface area contributed by atoms with Gasteiger partial charge in [-0.2, -0.15) is 13.5 Å². The average Bonchev–Trinajstić information content (AvgIpc) is 2.79. The van der Waals surface area contributed by atoms with Gasteiger partial charge in [0, 0.05) is 13.8 Å². The van der Waals surface area contributed by atoms with Crippen LogP contribution >= 0.6 is 35.8 Å². The molecule has 0 spiro atoms. The molecule has 0 saturated heterocycles. The van der Waals surface area contributed by atoms with E-state index in [0.717, 1.165) is 8.96 Å². The number of aryl methyl sites for hydroxylation is 1. The van der Waals surface area contributed by atoms with E-state index in [2.05, 4.69) is 51.7 Å². The molecule has 18 heteroatoms. The average molecular weight is 493 g/mol. The predicted octanol–water partition coefficient (Wildman–Crippen LogP) is -3.68. The number of carbonyl (C=O) groups is 2. The number of carbonyl (C=O) groups excluding carboxylic acids is 2. The fourth-order valence-electron chi connectivity index (χ4n) is 0.443. The maximum Gasteiger partial charge on any atom is 1.00 e. The topological polar surface area (TPSA) is 200 Å². The van der Waals surface area contributed by atoms with Gasteiger partial charge >= 0.3 is 61.8 Å². The van der Waals surface area contributed by atoms with Crippen LogP contribution in [0.1, 0.15) is 18.9 Å². The number of rotatable bonds is 0. The molecule has 0 fully saturated rings. The minimum atomic E-state index is -4.67. The van der Waals surface area contributed by atoms with Crippen LogP contribution in [0.4, 0.5) is 0 Å². The van der Waals surface area contributed by atoms with Crippen molar-refractivity contribution in [2.75, 3.05) is 0 Å². The zero-order valence-corrected chi connectivity index (χ0v) is 21.3.